The zero-order chi connectivity index (χ0) is 22.2. The minimum Gasteiger partial charge on any atom is -0.352 e. The summed E-state index contributed by atoms with van der Waals surface area (Å²) in [5, 5.41) is 5.65. The molecule has 1 amide bonds. The van der Waals surface area contributed by atoms with Gasteiger partial charge in [0.25, 0.3) is 11.5 Å². The van der Waals surface area contributed by atoms with Gasteiger partial charge >= 0.3 is 0 Å². The third-order valence-corrected chi connectivity index (χ3v) is 6.17. The molecule has 0 spiro atoms. The highest BCUT2D eigenvalue weighted by Crippen LogP contribution is 2.19. The number of fused-ring (bicyclic) bond motifs is 1. The minimum atomic E-state index is -0.162. The summed E-state index contributed by atoms with van der Waals surface area (Å²) >= 11 is 0. The number of piperazine rings is 1. The third kappa shape index (κ3) is 3.66. The van der Waals surface area contributed by atoms with E-state index in [1.165, 1.54) is 10.2 Å². The van der Waals surface area contributed by atoms with E-state index >= 15 is 0 Å². The van der Waals surface area contributed by atoms with Gasteiger partial charge in [0.2, 0.25) is 0 Å². The molecule has 1 aliphatic rings. The number of H-pyrrole nitrogens is 1. The van der Waals surface area contributed by atoms with Crippen LogP contribution >= 0.6 is 0 Å². The van der Waals surface area contributed by atoms with Crippen LogP contribution in [0.5, 0.6) is 0 Å². The zero-order valence-electron chi connectivity index (χ0n) is 18.2. The Balaban J connectivity index is 1.32. The Kier molecular flexibility index (Phi) is 5.01. The van der Waals surface area contributed by atoms with E-state index in [-0.39, 0.29) is 11.5 Å². The lowest BCUT2D eigenvalue weighted by Crippen LogP contribution is -2.49. The summed E-state index contributed by atoms with van der Waals surface area (Å²) in [6, 6.07) is 19.0. The number of hydrogen-bond donors (Lipinski definition) is 1. The number of aromatic amines is 1. The second-order valence-electron chi connectivity index (χ2n) is 8.26. The zero-order valence-corrected chi connectivity index (χ0v) is 18.2. The molecule has 0 aliphatic carbocycles. The Hall–Kier alpha value is -3.87. The van der Waals surface area contributed by atoms with Crippen molar-refractivity contribution in [2.45, 2.75) is 13.8 Å². The molecule has 0 radical (unpaired) electrons. The van der Waals surface area contributed by atoms with E-state index in [0.29, 0.717) is 31.9 Å². The van der Waals surface area contributed by atoms with Crippen molar-refractivity contribution in [3.8, 4) is 5.69 Å². The Morgan fingerprint density at radius 3 is 2.44 bits per heavy atom. The summed E-state index contributed by atoms with van der Waals surface area (Å²) in [5.74, 6) is 0.745. The number of benzene rings is 2. The topological polar surface area (TPSA) is 74.2 Å². The highest BCUT2D eigenvalue weighted by atomic mass is 16.2. The Morgan fingerprint density at radius 2 is 1.69 bits per heavy atom. The maximum Gasteiger partial charge on any atom is 0.271 e. The van der Waals surface area contributed by atoms with Crippen molar-refractivity contribution >= 4 is 22.6 Å². The van der Waals surface area contributed by atoms with Gasteiger partial charge in [-0.1, -0.05) is 24.3 Å². The number of anilines is 1. The Bertz CT molecular complexity index is 1330. The number of hydrogen-bond acceptors (Lipinski definition) is 4. The molecule has 4 aromatic rings. The van der Waals surface area contributed by atoms with Crippen molar-refractivity contribution in [2.75, 3.05) is 31.1 Å². The van der Waals surface area contributed by atoms with Crippen LogP contribution in [0.2, 0.25) is 0 Å². The van der Waals surface area contributed by atoms with Gasteiger partial charge in [0, 0.05) is 43.1 Å². The molecule has 0 unspecified atom stereocenters. The standard InChI is InChI=1S/C25H25N5O2/c1-17-7-8-20(15-18(17)2)30-24(31)10-9-23(27-30)28-11-13-29(14-12-28)25(32)22-16-19-5-3-4-6-21(19)26-22/h3-10,15-16,26H,11-14H2,1-2H3. The van der Waals surface area contributed by atoms with E-state index in [0.717, 1.165) is 28.0 Å². The first-order valence-corrected chi connectivity index (χ1v) is 10.8. The summed E-state index contributed by atoms with van der Waals surface area (Å²) in [7, 11) is 0. The fraction of sp³-hybridized carbons (Fsp3) is 0.240. The van der Waals surface area contributed by atoms with Gasteiger partial charge in [-0.05, 0) is 55.3 Å². The van der Waals surface area contributed by atoms with E-state index in [2.05, 4.69) is 15.0 Å². The summed E-state index contributed by atoms with van der Waals surface area (Å²) in [6.07, 6.45) is 0. The molecule has 1 saturated heterocycles. The first kappa shape index (κ1) is 20.1. The van der Waals surface area contributed by atoms with Gasteiger partial charge in [-0.2, -0.15) is 4.68 Å². The second-order valence-corrected chi connectivity index (χ2v) is 8.26. The first-order valence-electron chi connectivity index (χ1n) is 10.8. The van der Waals surface area contributed by atoms with Crippen LogP contribution in [0, 0.1) is 13.8 Å². The van der Waals surface area contributed by atoms with Crippen LogP contribution in [-0.2, 0) is 0 Å². The average molecular weight is 428 g/mol. The molecule has 0 bridgehead atoms. The van der Waals surface area contributed by atoms with Crippen LogP contribution in [0.4, 0.5) is 5.82 Å². The minimum absolute atomic E-state index is 0.00825. The van der Waals surface area contributed by atoms with E-state index < -0.39 is 0 Å². The average Bonchev–Trinajstić information content (AvgIpc) is 3.25. The monoisotopic (exact) mass is 427 g/mol. The lowest BCUT2D eigenvalue weighted by atomic mass is 10.1. The van der Waals surface area contributed by atoms with Crippen molar-refractivity contribution in [1.29, 1.82) is 0 Å². The molecule has 1 fully saturated rings. The van der Waals surface area contributed by atoms with E-state index in [1.807, 2.05) is 67.3 Å². The van der Waals surface area contributed by atoms with Crippen LogP contribution in [0.3, 0.4) is 0 Å². The van der Waals surface area contributed by atoms with Crippen LogP contribution < -0.4 is 10.5 Å². The Morgan fingerprint density at radius 1 is 0.906 bits per heavy atom. The second kappa shape index (κ2) is 8.00. The molecule has 32 heavy (non-hydrogen) atoms. The number of amides is 1. The van der Waals surface area contributed by atoms with Gasteiger partial charge in [0.1, 0.15) is 11.5 Å². The molecule has 7 heteroatoms. The fourth-order valence-electron chi connectivity index (χ4n) is 4.11. The largest absolute Gasteiger partial charge is 0.352 e. The smallest absolute Gasteiger partial charge is 0.271 e. The maximum atomic E-state index is 13.0. The molecule has 2 aromatic heterocycles. The van der Waals surface area contributed by atoms with Gasteiger partial charge in [0.15, 0.2) is 0 Å². The predicted molar refractivity (Wildman–Crippen MR) is 126 cm³/mol. The molecule has 0 saturated carbocycles. The van der Waals surface area contributed by atoms with Gasteiger partial charge in [-0.25, -0.2) is 0 Å². The predicted octanol–water partition coefficient (Wildman–Crippen LogP) is 3.29. The van der Waals surface area contributed by atoms with Gasteiger partial charge in [-0.3, -0.25) is 9.59 Å². The van der Waals surface area contributed by atoms with Crippen molar-refractivity contribution in [2.24, 2.45) is 0 Å². The highest BCUT2D eigenvalue weighted by molar-refractivity contribution is 5.98. The normalized spacial score (nSPS) is 14.2. The fourth-order valence-corrected chi connectivity index (χ4v) is 4.11. The number of carbonyl (C=O) groups excluding carboxylic acids is 1. The number of aromatic nitrogens is 3. The summed E-state index contributed by atoms with van der Waals surface area (Å²) in [5.41, 5.74) is 4.46. The molecule has 0 atom stereocenters. The molecule has 7 nitrogen and oxygen atoms in total. The lowest BCUT2D eigenvalue weighted by molar-refractivity contribution is 0.0741. The third-order valence-electron chi connectivity index (χ3n) is 6.17. The molecule has 5 rings (SSSR count). The van der Waals surface area contributed by atoms with Crippen LogP contribution in [0.15, 0.2) is 65.5 Å². The molecule has 2 aromatic carbocycles. The highest BCUT2D eigenvalue weighted by Gasteiger charge is 2.24. The molecular weight excluding hydrogens is 402 g/mol. The first-order chi connectivity index (χ1) is 15.5. The maximum absolute atomic E-state index is 13.0. The number of para-hydroxylation sites is 1. The summed E-state index contributed by atoms with van der Waals surface area (Å²) in [6.45, 7) is 6.57. The summed E-state index contributed by atoms with van der Waals surface area (Å²) in [4.78, 5) is 32.6. The van der Waals surface area contributed by atoms with E-state index in [1.54, 1.807) is 12.1 Å². The van der Waals surface area contributed by atoms with Crippen LogP contribution in [0.1, 0.15) is 21.6 Å². The number of carbonyl (C=O) groups is 1. The van der Waals surface area contributed by atoms with Crippen molar-refractivity contribution in [1.82, 2.24) is 19.7 Å². The SMILES string of the molecule is Cc1ccc(-n2nc(N3CCN(C(=O)c4cc5ccccc5[nH]4)CC3)ccc2=O)cc1C. The van der Waals surface area contributed by atoms with Crippen molar-refractivity contribution in [3.05, 3.63) is 87.8 Å². The van der Waals surface area contributed by atoms with Gasteiger partial charge in [-0.15, -0.1) is 5.10 Å². The van der Waals surface area contributed by atoms with Crippen molar-refractivity contribution < 1.29 is 4.79 Å². The quantitative estimate of drug-likeness (QED) is 0.545. The van der Waals surface area contributed by atoms with E-state index in [9.17, 15) is 9.59 Å². The molecule has 162 valence electrons. The van der Waals surface area contributed by atoms with Gasteiger partial charge in [0.05, 0.1) is 5.69 Å². The number of rotatable bonds is 3. The molecule has 1 aliphatic heterocycles. The van der Waals surface area contributed by atoms with E-state index in [4.69, 9.17) is 0 Å². The number of aryl methyl sites for hydroxylation is 2. The molecule has 3 heterocycles. The van der Waals surface area contributed by atoms with Gasteiger partial charge < -0.3 is 14.8 Å². The molecule has 1 N–H and O–H groups in total. The molecular formula is C25H25N5O2. The number of nitrogens with zero attached hydrogens (tertiary/aromatic N) is 4. The van der Waals surface area contributed by atoms with Crippen LogP contribution in [0.25, 0.3) is 16.6 Å². The Labute approximate surface area is 185 Å². The van der Waals surface area contributed by atoms with Crippen molar-refractivity contribution in [3.63, 3.8) is 0 Å². The lowest BCUT2D eigenvalue weighted by Gasteiger charge is -2.35. The summed E-state index contributed by atoms with van der Waals surface area (Å²) < 4.78 is 1.45. The number of nitrogens with one attached hydrogen (secondary N) is 1. The van der Waals surface area contributed by atoms with Crippen LogP contribution in [-0.4, -0.2) is 51.8 Å².